The Kier molecular flexibility index (Phi) is 3.22. The van der Waals surface area contributed by atoms with Crippen LogP contribution >= 0.6 is 0 Å². The van der Waals surface area contributed by atoms with Gasteiger partial charge in [-0.25, -0.2) is 4.79 Å². The molecule has 1 aliphatic carbocycles. The van der Waals surface area contributed by atoms with Gasteiger partial charge in [-0.05, 0) is 12.8 Å². The average molecular weight is 200 g/mol. The lowest BCUT2D eigenvalue weighted by Crippen LogP contribution is -2.30. The van der Waals surface area contributed by atoms with Gasteiger partial charge in [-0.3, -0.25) is 9.59 Å². The second-order valence-corrected chi connectivity index (χ2v) is 3.34. The van der Waals surface area contributed by atoms with Gasteiger partial charge in [0, 0.05) is 5.92 Å². The van der Waals surface area contributed by atoms with Crippen LogP contribution < -0.4 is 0 Å². The van der Waals surface area contributed by atoms with Crippen molar-refractivity contribution in [2.75, 3.05) is 7.11 Å². The zero-order valence-corrected chi connectivity index (χ0v) is 7.86. The molecule has 14 heavy (non-hydrogen) atoms. The van der Waals surface area contributed by atoms with Crippen LogP contribution in [0.1, 0.15) is 19.3 Å². The fraction of sp³-hybridized carbons (Fsp3) is 0.667. The summed E-state index contributed by atoms with van der Waals surface area (Å²) in [4.78, 5) is 32.8. The summed E-state index contributed by atoms with van der Waals surface area (Å²) in [5.74, 6) is -4.09. The summed E-state index contributed by atoms with van der Waals surface area (Å²) in [6.45, 7) is 0. The first kappa shape index (κ1) is 10.7. The molecule has 0 aromatic rings. The minimum atomic E-state index is -1.47. The predicted octanol–water partition coefficient (Wildman–Crippen LogP) is 0.229. The fourth-order valence-electron chi connectivity index (χ4n) is 1.87. The number of hydrogen-bond acceptors (Lipinski definition) is 4. The Morgan fingerprint density at radius 3 is 2.29 bits per heavy atom. The third-order valence-electron chi connectivity index (χ3n) is 2.57. The third kappa shape index (κ3) is 1.92. The highest BCUT2D eigenvalue weighted by molar-refractivity contribution is 6.34. The number of ketones is 1. The highest BCUT2D eigenvalue weighted by atomic mass is 16.5. The van der Waals surface area contributed by atoms with Crippen LogP contribution in [-0.2, 0) is 19.1 Å². The van der Waals surface area contributed by atoms with E-state index in [0.717, 1.165) is 0 Å². The molecule has 0 radical (unpaired) electrons. The highest BCUT2D eigenvalue weighted by Crippen LogP contribution is 2.33. The molecule has 1 saturated carbocycles. The first-order valence-corrected chi connectivity index (χ1v) is 4.43. The molecule has 0 heterocycles. The third-order valence-corrected chi connectivity index (χ3v) is 2.57. The van der Waals surface area contributed by atoms with E-state index in [1.54, 1.807) is 0 Å². The average Bonchev–Trinajstić information content (AvgIpc) is 2.63. The van der Waals surface area contributed by atoms with Crippen molar-refractivity contribution in [3.63, 3.8) is 0 Å². The van der Waals surface area contributed by atoms with Crippen LogP contribution in [0.3, 0.4) is 0 Å². The maximum atomic E-state index is 11.2. The van der Waals surface area contributed by atoms with E-state index in [1.807, 2.05) is 0 Å². The molecule has 0 bridgehead atoms. The van der Waals surface area contributed by atoms with Gasteiger partial charge in [0.2, 0.25) is 5.78 Å². The molecule has 1 aliphatic rings. The number of rotatable bonds is 3. The summed E-state index contributed by atoms with van der Waals surface area (Å²) < 4.78 is 4.51. The number of methoxy groups -OCH3 is 1. The van der Waals surface area contributed by atoms with Crippen molar-refractivity contribution in [2.24, 2.45) is 11.8 Å². The summed E-state index contributed by atoms with van der Waals surface area (Å²) >= 11 is 0. The summed E-state index contributed by atoms with van der Waals surface area (Å²) in [6, 6.07) is 0. The molecule has 1 N–H and O–H groups in total. The SMILES string of the molecule is COC(=O)C1CCCC1C(=O)C(=O)O. The first-order chi connectivity index (χ1) is 6.57. The number of carboxylic acid groups (broad SMARTS) is 1. The van der Waals surface area contributed by atoms with E-state index in [4.69, 9.17) is 5.11 Å². The number of hydrogen-bond donors (Lipinski definition) is 1. The lowest BCUT2D eigenvalue weighted by molar-refractivity contribution is -0.155. The van der Waals surface area contributed by atoms with Crippen molar-refractivity contribution >= 4 is 17.7 Å². The Labute approximate surface area is 81.0 Å². The largest absolute Gasteiger partial charge is 0.475 e. The Morgan fingerprint density at radius 2 is 1.79 bits per heavy atom. The highest BCUT2D eigenvalue weighted by Gasteiger charge is 2.40. The van der Waals surface area contributed by atoms with E-state index in [2.05, 4.69) is 4.74 Å². The molecule has 0 amide bonds. The van der Waals surface area contributed by atoms with Crippen molar-refractivity contribution in [2.45, 2.75) is 19.3 Å². The maximum Gasteiger partial charge on any atom is 0.372 e. The number of carbonyl (C=O) groups excluding carboxylic acids is 2. The van der Waals surface area contributed by atoms with Crippen LogP contribution in [0, 0.1) is 11.8 Å². The van der Waals surface area contributed by atoms with E-state index in [9.17, 15) is 14.4 Å². The molecule has 0 spiro atoms. The van der Waals surface area contributed by atoms with E-state index in [0.29, 0.717) is 19.3 Å². The molecule has 0 aliphatic heterocycles. The number of ether oxygens (including phenoxy) is 1. The molecular formula is C9H12O5. The summed E-state index contributed by atoms with van der Waals surface area (Å²) in [5, 5.41) is 8.51. The molecule has 0 saturated heterocycles. The quantitative estimate of drug-likeness (QED) is 0.521. The summed E-state index contributed by atoms with van der Waals surface area (Å²) in [5.41, 5.74) is 0. The minimum Gasteiger partial charge on any atom is -0.475 e. The molecular weight excluding hydrogens is 188 g/mol. The Balaban J connectivity index is 2.73. The van der Waals surface area contributed by atoms with Gasteiger partial charge < -0.3 is 9.84 Å². The molecule has 78 valence electrons. The van der Waals surface area contributed by atoms with Crippen molar-refractivity contribution in [1.29, 1.82) is 0 Å². The fourth-order valence-corrected chi connectivity index (χ4v) is 1.87. The topological polar surface area (TPSA) is 80.7 Å². The molecule has 2 atom stereocenters. The number of Topliss-reactive ketones (excluding diaryl/α,β-unsaturated/α-hetero) is 1. The molecule has 0 aromatic carbocycles. The normalized spacial score (nSPS) is 25.8. The van der Waals surface area contributed by atoms with Crippen LogP contribution in [0.5, 0.6) is 0 Å². The Hall–Kier alpha value is -1.39. The minimum absolute atomic E-state index is 0.463. The van der Waals surface area contributed by atoms with E-state index < -0.39 is 29.6 Å². The monoisotopic (exact) mass is 200 g/mol. The predicted molar refractivity (Wildman–Crippen MR) is 45.5 cm³/mol. The molecule has 0 aromatic heterocycles. The Bertz CT molecular complexity index is 270. The van der Waals surface area contributed by atoms with Crippen molar-refractivity contribution < 1.29 is 24.2 Å². The first-order valence-electron chi connectivity index (χ1n) is 4.43. The Morgan fingerprint density at radius 1 is 1.21 bits per heavy atom. The van der Waals surface area contributed by atoms with Crippen LogP contribution in [0.15, 0.2) is 0 Å². The van der Waals surface area contributed by atoms with Crippen LogP contribution in [0.2, 0.25) is 0 Å². The van der Waals surface area contributed by atoms with Crippen molar-refractivity contribution in [1.82, 2.24) is 0 Å². The summed E-state index contributed by atoms with van der Waals surface area (Å²) in [6.07, 6.45) is 1.70. The van der Waals surface area contributed by atoms with Crippen molar-refractivity contribution in [3.8, 4) is 0 Å². The zero-order valence-electron chi connectivity index (χ0n) is 7.86. The molecule has 1 fully saturated rings. The van der Waals surface area contributed by atoms with Gasteiger partial charge in [-0.2, -0.15) is 0 Å². The van der Waals surface area contributed by atoms with Crippen molar-refractivity contribution in [3.05, 3.63) is 0 Å². The maximum absolute atomic E-state index is 11.2. The second-order valence-electron chi connectivity index (χ2n) is 3.34. The second kappa shape index (κ2) is 4.21. The van der Waals surface area contributed by atoms with Crippen LogP contribution in [0.25, 0.3) is 0 Å². The number of carbonyl (C=O) groups is 3. The van der Waals surface area contributed by atoms with Gasteiger partial charge in [0.15, 0.2) is 0 Å². The zero-order chi connectivity index (χ0) is 10.7. The van der Waals surface area contributed by atoms with Crippen LogP contribution in [0.4, 0.5) is 0 Å². The number of aliphatic carboxylic acids is 1. The molecule has 2 unspecified atom stereocenters. The molecule has 5 heteroatoms. The summed E-state index contributed by atoms with van der Waals surface area (Å²) in [7, 11) is 1.24. The van der Waals surface area contributed by atoms with Gasteiger partial charge in [0.25, 0.3) is 0 Å². The van der Waals surface area contributed by atoms with Crippen LogP contribution in [-0.4, -0.2) is 29.9 Å². The van der Waals surface area contributed by atoms with Gasteiger partial charge >= 0.3 is 11.9 Å². The lowest BCUT2D eigenvalue weighted by Gasteiger charge is -2.13. The van der Waals surface area contributed by atoms with Gasteiger partial charge in [-0.1, -0.05) is 6.42 Å². The van der Waals surface area contributed by atoms with Gasteiger partial charge in [0.05, 0.1) is 13.0 Å². The van der Waals surface area contributed by atoms with Gasteiger partial charge in [-0.15, -0.1) is 0 Å². The standard InChI is InChI=1S/C9H12O5/c1-14-9(13)6-4-2-3-5(6)7(10)8(11)12/h5-6H,2-4H2,1H3,(H,11,12). The smallest absolute Gasteiger partial charge is 0.372 e. The van der Waals surface area contributed by atoms with Gasteiger partial charge in [0.1, 0.15) is 0 Å². The molecule has 1 rings (SSSR count). The molecule has 5 nitrogen and oxygen atoms in total. The number of esters is 1. The number of carboxylic acids is 1. The van der Waals surface area contributed by atoms with E-state index >= 15 is 0 Å². The lowest BCUT2D eigenvalue weighted by atomic mass is 9.92. The van der Waals surface area contributed by atoms with E-state index in [-0.39, 0.29) is 0 Å². The van der Waals surface area contributed by atoms with E-state index in [1.165, 1.54) is 7.11 Å².